The fourth-order valence-electron chi connectivity index (χ4n) is 3.62. The first-order valence-electron chi connectivity index (χ1n) is 10.6. The highest BCUT2D eigenvalue weighted by atomic mass is 19.1. The molecule has 1 aliphatic heterocycles. The Bertz CT molecular complexity index is 1150. The van der Waals surface area contributed by atoms with Crippen molar-refractivity contribution in [3.05, 3.63) is 89.7 Å². The van der Waals surface area contributed by atoms with Crippen molar-refractivity contribution >= 4 is 17.5 Å². The van der Waals surface area contributed by atoms with E-state index in [9.17, 15) is 14.0 Å². The first-order chi connectivity index (χ1) is 15.8. The first-order valence-corrected chi connectivity index (χ1v) is 10.6. The number of hydrogen-bond acceptors (Lipinski definition) is 4. The third kappa shape index (κ3) is 5.14. The van der Waals surface area contributed by atoms with Gasteiger partial charge in [0, 0.05) is 18.3 Å². The van der Waals surface area contributed by atoms with Crippen molar-refractivity contribution in [3.63, 3.8) is 0 Å². The summed E-state index contributed by atoms with van der Waals surface area (Å²) in [6, 6.07) is 20.4. The van der Waals surface area contributed by atoms with E-state index in [4.69, 9.17) is 9.47 Å². The van der Waals surface area contributed by atoms with Crippen molar-refractivity contribution < 1.29 is 23.5 Å². The Balaban J connectivity index is 1.58. The minimum atomic E-state index is -1.20. The molecule has 0 unspecified atom stereocenters. The molecule has 4 rings (SSSR count). The second kappa shape index (κ2) is 9.32. The Hall–Kier alpha value is -3.87. The molecule has 0 spiro atoms. The molecule has 0 aliphatic carbocycles. The van der Waals surface area contributed by atoms with Crippen molar-refractivity contribution in [3.8, 4) is 11.5 Å². The van der Waals surface area contributed by atoms with Crippen LogP contribution in [0.15, 0.2) is 72.8 Å². The van der Waals surface area contributed by atoms with Gasteiger partial charge < -0.3 is 19.7 Å². The first kappa shape index (κ1) is 22.3. The molecule has 3 aromatic rings. The molecule has 0 saturated heterocycles. The summed E-state index contributed by atoms with van der Waals surface area (Å²) in [6.45, 7) is 3.69. The van der Waals surface area contributed by atoms with Crippen LogP contribution in [0.1, 0.15) is 25.0 Å². The van der Waals surface area contributed by atoms with Crippen LogP contribution in [-0.2, 0) is 22.6 Å². The highest BCUT2D eigenvalue weighted by Crippen LogP contribution is 2.34. The lowest BCUT2D eigenvalue weighted by Gasteiger charge is -2.37. The Morgan fingerprint density at radius 3 is 2.36 bits per heavy atom. The van der Waals surface area contributed by atoms with Crippen LogP contribution in [-0.4, -0.2) is 29.0 Å². The lowest BCUT2D eigenvalue weighted by atomic mass is 9.98. The summed E-state index contributed by atoms with van der Waals surface area (Å²) < 4.78 is 24.1. The van der Waals surface area contributed by atoms with Gasteiger partial charge >= 0.3 is 0 Å². The normalized spacial score (nSPS) is 12.3. The third-order valence-electron chi connectivity index (χ3n) is 5.61. The van der Waals surface area contributed by atoms with E-state index in [1.54, 1.807) is 44.2 Å². The fraction of sp³-hybridized carbons (Fsp3) is 0.231. The minimum Gasteiger partial charge on any atom is -0.454 e. The average Bonchev–Trinajstić information content (AvgIpc) is 3.27. The van der Waals surface area contributed by atoms with Crippen molar-refractivity contribution in [2.75, 3.05) is 12.1 Å². The monoisotopic (exact) mass is 448 g/mol. The summed E-state index contributed by atoms with van der Waals surface area (Å²) in [5.74, 6) is 0.235. The molecule has 0 saturated carbocycles. The molecule has 6 nitrogen and oxygen atoms in total. The molecule has 1 N–H and O–H groups in total. The van der Waals surface area contributed by atoms with Crippen LogP contribution in [0.5, 0.6) is 11.5 Å². The van der Waals surface area contributed by atoms with Crippen LogP contribution in [0.3, 0.4) is 0 Å². The number of amides is 2. The largest absolute Gasteiger partial charge is 0.454 e. The predicted molar refractivity (Wildman–Crippen MR) is 122 cm³/mol. The number of rotatable bonds is 7. The summed E-state index contributed by atoms with van der Waals surface area (Å²) in [7, 11) is 0. The quantitative estimate of drug-likeness (QED) is 0.576. The standard InChI is InChI=1S/C26H25FN2O4/c1-26(2,25(31)28-21-12-13-22-23(15-21)33-17-32-22)29(16-19-8-10-20(27)11-9-19)24(30)14-18-6-4-3-5-7-18/h3-13,15H,14,16-17H2,1-2H3,(H,28,31). The number of halogens is 1. The highest BCUT2D eigenvalue weighted by molar-refractivity contribution is 6.00. The maximum Gasteiger partial charge on any atom is 0.249 e. The molecule has 0 aromatic heterocycles. The van der Waals surface area contributed by atoms with Gasteiger partial charge in [0.05, 0.1) is 6.42 Å². The zero-order valence-electron chi connectivity index (χ0n) is 18.5. The molecule has 170 valence electrons. The lowest BCUT2D eigenvalue weighted by molar-refractivity contribution is -0.144. The van der Waals surface area contributed by atoms with Gasteiger partial charge in [0.15, 0.2) is 11.5 Å². The number of carbonyl (C=O) groups is 2. The van der Waals surface area contributed by atoms with Gasteiger partial charge in [-0.05, 0) is 49.2 Å². The van der Waals surface area contributed by atoms with E-state index >= 15 is 0 Å². The van der Waals surface area contributed by atoms with Crippen LogP contribution < -0.4 is 14.8 Å². The Morgan fingerprint density at radius 2 is 1.64 bits per heavy atom. The third-order valence-corrected chi connectivity index (χ3v) is 5.61. The number of hydrogen-bond donors (Lipinski definition) is 1. The van der Waals surface area contributed by atoms with Crippen molar-refractivity contribution in [1.82, 2.24) is 4.90 Å². The Labute approximate surface area is 191 Å². The second-order valence-corrected chi connectivity index (χ2v) is 8.35. The molecule has 1 heterocycles. The maximum atomic E-state index is 13.4. The summed E-state index contributed by atoms with van der Waals surface area (Å²) in [5.41, 5.74) is 0.909. The number of ether oxygens (including phenoxy) is 2. The van der Waals surface area contributed by atoms with E-state index in [1.807, 2.05) is 30.3 Å². The van der Waals surface area contributed by atoms with Crippen molar-refractivity contribution in [1.29, 1.82) is 0 Å². The minimum absolute atomic E-state index is 0.137. The van der Waals surface area contributed by atoms with Crippen molar-refractivity contribution in [2.45, 2.75) is 32.4 Å². The van der Waals surface area contributed by atoms with Gasteiger partial charge in [0.25, 0.3) is 0 Å². The molecular weight excluding hydrogens is 423 g/mol. The summed E-state index contributed by atoms with van der Waals surface area (Å²) in [5, 5.41) is 2.88. The summed E-state index contributed by atoms with van der Waals surface area (Å²) in [6.07, 6.45) is 0.142. The van der Waals surface area contributed by atoms with Crippen molar-refractivity contribution in [2.24, 2.45) is 0 Å². The highest BCUT2D eigenvalue weighted by Gasteiger charge is 2.38. The van der Waals surface area contributed by atoms with Crippen LogP contribution in [0.2, 0.25) is 0 Å². The Morgan fingerprint density at radius 1 is 0.939 bits per heavy atom. The molecule has 0 fully saturated rings. The maximum absolute atomic E-state index is 13.4. The average molecular weight is 448 g/mol. The Kier molecular flexibility index (Phi) is 6.31. The molecule has 0 bridgehead atoms. The number of nitrogens with one attached hydrogen (secondary N) is 1. The van der Waals surface area contributed by atoms with E-state index < -0.39 is 5.54 Å². The van der Waals surface area contributed by atoms with Gasteiger partial charge in [-0.25, -0.2) is 4.39 Å². The van der Waals surface area contributed by atoms with Gasteiger partial charge in [-0.3, -0.25) is 9.59 Å². The molecular formula is C26H25FN2O4. The van der Waals surface area contributed by atoms with E-state index in [0.29, 0.717) is 17.2 Å². The zero-order chi connectivity index (χ0) is 23.4. The fourth-order valence-corrected chi connectivity index (χ4v) is 3.62. The van der Waals surface area contributed by atoms with Gasteiger partial charge in [-0.15, -0.1) is 0 Å². The van der Waals surface area contributed by atoms with Gasteiger partial charge in [0.1, 0.15) is 11.4 Å². The van der Waals surface area contributed by atoms with Gasteiger partial charge in [-0.1, -0.05) is 42.5 Å². The molecule has 33 heavy (non-hydrogen) atoms. The van der Waals surface area contributed by atoms with E-state index in [-0.39, 0.29) is 37.4 Å². The number of benzene rings is 3. The van der Waals surface area contributed by atoms with E-state index in [2.05, 4.69) is 5.32 Å². The molecule has 1 aliphatic rings. The number of fused-ring (bicyclic) bond motifs is 1. The van der Waals surface area contributed by atoms with Crippen LogP contribution >= 0.6 is 0 Å². The van der Waals surface area contributed by atoms with Gasteiger partial charge in [0.2, 0.25) is 18.6 Å². The molecule has 3 aromatic carbocycles. The van der Waals surface area contributed by atoms with Crippen LogP contribution in [0, 0.1) is 5.82 Å². The second-order valence-electron chi connectivity index (χ2n) is 8.35. The van der Waals surface area contributed by atoms with E-state index in [1.165, 1.54) is 17.0 Å². The lowest BCUT2D eigenvalue weighted by Crippen LogP contribution is -2.55. The predicted octanol–water partition coefficient (Wildman–Crippen LogP) is 4.54. The summed E-state index contributed by atoms with van der Waals surface area (Å²) in [4.78, 5) is 28.2. The SMILES string of the molecule is CC(C)(C(=O)Nc1ccc2c(c1)OCO2)N(Cc1ccc(F)cc1)C(=O)Cc1ccccc1. The van der Waals surface area contributed by atoms with Crippen LogP contribution in [0.25, 0.3) is 0 Å². The smallest absolute Gasteiger partial charge is 0.249 e. The van der Waals surface area contributed by atoms with Gasteiger partial charge in [-0.2, -0.15) is 0 Å². The zero-order valence-corrected chi connectivity index (χ0v) is 18.5. The number of carbonyl (C=O) groups excluding carboxylic acids is 2. The number of anilines is 1. The molecule has 2 amide bonds. The molecule has 0 atom stereocenters. The summed E-state index contributed by atoms with van der Waals surface area (Å²) >= 11 is 0. The molecule has 7 heteroatoms. The van der Waals surface area contributed by atoms with Crippen LogP contribution in [0.4, 0.5) is 10.1 Å². The molecule has 0 radical (unpaired) electrons. The van der Waals surface area contributed by atoms with E-state index in [0.717, 1.165) is 11.1 Å². The number of nitrogens with zero attached hydrogens (tertiary/aromatic N) is 1. The topological polar surface area (TPSA) is 67.9 Å².